The van der Waals surface area contributed by atoms with E-state index in [0.29, 0.717) is 13.0 Å². The second-order valence-corrected chi connectivity index (χ2v) is 13.0. The van der Waals surface area contributed by atoms with Crippen LogP contribution in [-0.4, -0.2) is 56.8 Å². The van der Waals surface area contributed by atoms with Crippen molar-refractivity contribution < 1.29 is 36.0 Å². The number of fused-ring (bicyclic) bond motifs is 1. The van der Waals surface area contributed by atoms with E-state index in [2.05, 4.69) is 24.8 Å². The highest BCUT2D eigenvalue weighted by Crippen LogP contribution is 2.67. The summed E-state index contributed by atoms with van der Waals surface area (Å²) in [5.41, 5.74) is 5.28. The Balaban J connectivity index is 1.55. The van der Waals surface area contributed by atoms with Crippen LogP contribution in [0.2, 0.25) is 0 Å². The van der Waals surface area contributed by atoms with Gasteiger partial charge in [0.2, 0.25) is 0 Å². The average molecular weight is 562 g/mol. The van der Waals surface area contributed by atoms with E-state index in [9.17, 15) is 26.9 Å². The Kier molecular flexibility index (Phi) is 7.12. The summed E-state index contributed by atoms with van der Waals surface area (Å²) in [4.78, 5) is 21.2. The number of hydrogen-bond acceptors (Lipinski definition) is 7. The van der Waals surface area contributed by atoms with Gasteiger partial charge in [0.05, 0.1) is 16.2 Å². The number of nitrogens with one attached hydrogen (secondary N) is 2. The number of aromatic nitrogens is 1. The molecule has 2 aromatic rings. The Bertz CT molecular complexity index is 1260. The molecule has 8 nitrogen and oxygen atoms in total. The smallest absolute Gasteiger partial charge is 0.340 e. The molecular formula is C24H28F5N5O3S. The van der Waals surface area contributed by atoms with Gasteiger partial charge in [-0.1, -0.05) is 10.5 Å². The molecule has 1 saturated heterocycles. The molecule has 14 heteroatoms. The van der Waals surface area contributed by atoms with Crippen molar-refractivity contribution in [3.8, 4) is 5.75 Å². The van der Waals surface area contributed by atoms with E-state index in [0.717, 1.165) is 12.3 Å². The summed E-state index contributed by atoms with van der Waals surface area (Å²) in [5.74, 6) is -5.66. The van der Waals surface area contributed by atoms with Gasteiger partial charge in [-0.25, -0.2) is 18.2 Å². The van der Waals surface area contributed by atoms with Crippen molar-refractivity contribution in [3.63, 3.8) is 0 Å². The number of amides is 1. The second kappa shape index (κ2) is 9.65. The number of pyridine rings is 1. The number of benzene rings is 1. The molecule has 208 valence electrons. The van der Waals surface area contributed by atoms with Crippen LogP contribution in [-0.2, 0) is 5.54 Å². The Morgan fingerprint density at radius 3 is 2.66 bits per heavy atom. The Morgan fingerprint density at radius 1 is 1.32 bits per heavy atom. The van der Waals surface area contributed by atoms with Crippen molar-refractivity contribution in [2.45, 2.75) is 55.1 Å². The third-order valence-electron chi connectivity index (χ3n) is 7.00. The first kappa shape index (κ1) is 28.0. The van der Waals surface area contributed by atoms with Crippen molar-refractivity contribution in [1.29, 1.82) is 0 Å². The van der Waals surface area contributed by atoms with Crippen molar-refractivity contribution in [3.05, 3.63) is 53.6 Å². The van der Waals surface area contributed by atoms with E-state index in [-0.39, 0.29) is 28.5 Å². The van der Waals surface area contributed by atoms with Crippen LogP contribution in [0.15, 0.2) is 41.5 Å². The molecule has 3 heterocycles. The molecule has 0 aliphatic carbocycles. The minimum Gasteiger partial charge on any atom is -0.485 e. The van der Waals surface area contributed by atoms with Crippen LogP contribution >= 0.6 is 10.5 Å². The molecule has 38 heavy (non-hydrogen) atoms. The fourth-order valence-corrected chi connectivity index (χ4v) is 8.01. The summed E-state index contributed by atoms with van der Waals surface area (Å²) in [6.45, 7) is 4.26. The first-order valence-electron chi connectivity index (χ1n) is 11.6. The van der Waals surface area contributed by atoms with Crippen LogP contribution in [0.1, 0.15) is 43.2 Å². The molecule has 1 fully saturated rings. The summed E-state index contributed by atoms with van der Waals surface area (Å²) in [6.07, 6.45) is -2.39. The van der Waals surface area contributed by atoms with Gasteiger partial charge >= 0.3 is 12.3 Å². The minimum absolute atomic E-state index is 0.129. The molecule has 2 aliphatic rings. The molecule has 0 spiro atoms. The first-order valence-corrected chi connectivity index (χ1v) is 13.3. The summed E-state index contributed by atoms with van der Waals surface area (Å²) in [5, 5.41) is 2.15. The number of nitrogens with zero attached hydrogens (tertiary/aromatic N) is 2. The second-order valence-electron chi connectivity index (χ2n) is 9.83. The van der Waals surface area contributed by atoms with Crippen LogP contribution in [0.25, 0.3) is 0 Å². The molecule has 2 aliphatic heterocycles. The fraction of sp³-hybridized carbons (Fsp3) is 0.458. The van der Waals surface area contributed by atoms with E-state index in [4.69, 9.17) is 5.73 Å². The number of nitrogens with two attached hydrogens (primary N) is 1. The quantitative estimate of drug-likeness (QED) is 0.365. The Hall–Kier alpha value is -2.97. The zero-order chi connectivity index (χ0) is 28.1. The lowest BCUT2D eigenvalue weighted by molar-refractivity contribution is -0.148. The largest absolute Gasteiger partial charge is 0.485 e. The van der Waals surface area contributed by atoms with Gasteiger partial charge in [0.1, 0.15) is 28.6 Å². The van der Waals surface area contributed by atoms with E-state index in [1.54, 1.807) is 20.8 Å². The number of halogens is 5. The summed E-state index contributed by atoms with van der Waals surface area (Å²) in [7, 11) is -2.52. The fourth-order valence-electron chi connectivity index (χ4n) is 4.64. The number of anilines is 1. The monoisotopic (exact) mass is 561 g/mol. The maximum Gasteiger partial charge on any atom is 0.340 e. The normalized spacial score (nSPS) is 28.3. The number of amidine groups is 1. The Labute approximate surface area is 217 Å². The third-order valence-corrected chi connectivity index (χ3v) is 10.9. The van der Waals surface area contributed by atoms with Crippen molar-refractivity contribution in [1.82, 2.24) is 9.71 Å². The third kappa shape index (κ3) is 4.69. The van der Waals surface area contributed by atoms with Crippen molar-refractivity contribution in [2.75, 3.05) is 18.5 Å². The average Bonchev–Trinajstić information content (AvgIpc) is 3.28. The van der Waals surface area contributed by atoms with Gasteiger partial charge in [0.15, 0.2) is 6.61 Å². The maximum absolute atomic E-state index is 15.2. The van der Waals surface area contributed by atoms with Crippen LogP contribution in [0.5, 0.6) is 5.75 Å². The SMILES string of the molecule is CC1(C)C(N)=N[C@](C)(c2cc(NC(=O)c3ccc(OCC(F)(F)C(F)F)cn3)ccc2F)[C@@H]2CCNS21O. The van der Waals surface area contributed by atoms with E-state index in [1.165, 1.54) is 24.3 Å². The topological polar surface area (TPSA) is 122 Å². The highest BCUT2D eigenvalue weighted by Gasteiger charge is 2.60. The lowest BCUT2D eigenvalue weighted by atomic mass is 9.85. The molecule has 1 aromatic heterocycles. The van der Waals surface area contributed by atoms with Gasteiger partial charge in [0.25, 0.3) is 5.91 Å². The summed E-state index contributed by atoms with van der Waals surface area (Å²) in [6, 6.07) is 6.24. The number of ether oxygens (including phenoxy) is 1. The first-order chi connectivity index (χ1) is 17.6. The number of alkyl halides is 4. The van der Waals surface area contributed by atoms with Crippen molar-refractivity contribution >= 4 is 27.9 Å². The number of hydrogen-bond donors (Lipinski definition) is 4. The molecule has 0 bridgehead atoms. The predicted octanol–water partition coefficient (Wildman–Crippen LogP) is 4.67. The lowest BCUT2D eigenvalue weighted by Crippen LogP contribution is -2.57. The van der Waals surface area contributed by atoms with E-state index >= 15 is 4.39 Å². The predicted molar refractivity (Wildman–Crippen MR) is 135 cm³/mol. The molecule has 5 N–H and O–H groups in total. The van der Waals surface area contributed by atoms with Gasteiger partial charge in [-0.2, -0.15) is 8.78 Å². The number of carbonyl (C=O) groups excluding carboxylic acids is 1. The standard InChI is InChI=1S/C24H28F5N5O3S/c1-22(2)21(30)34-23(3,18-8-9-32-38(18,22)36)15-10-13(4-6-16(15)25)33-19(35)17-7-5-14(11-31-17)37-12-24(28,29)20(26)27/h4-7,10-11,18,20,32,36H,8-9,12H2,1-3H3,(H2,30,34)(H,33,35)/t18-,23+/m0/s1. The molecular weight excluding hydrogens is 533 g/mol. The lowest BCUT2D eigenvalue weighted by Gasteiger charge is -2.56. The number of aliphatic imine (C=N–C) groups is 1. The minimum atomic E-state index is -4.33. The van der Waals surface area contributed by atoms with Gasteiger partial charge in [-0.05, 0) is 57.5 Å². The zero-order valence-corrected chi connectivity index (χ0v) is 21.6. The van der Waals surface area contributed by atoms with Crippen LogP contribution in [0.4, 0.5) is 27.6 Å². The van der Waals surface area contributed by atoms with Crippen molar-refractivity contribution in [2.24, 2.45) is 10.7 Å². The molecule has 3 atom stereocenters. The summed E-state index contributed by atoms with van der Waals surface area (Å²) < 4.78 is 84.4. The van der Waals surface area contributed by atoms with Gasteiger partial charge < -0.3 is 20.3 Å². The Morgan fingerprint density at radius 2 is 2.03 bits per heavy atom. The molecule has 1 amide bonds. The molecule has 1 aromatic carbocycles. The summed E-state index contributed by atoms with van der Waals surface area (Å²) >= 11 is 0. The highest BCUT2D eigenvalue weighted by atomic mass is 32.3. The van der Waals surface area contributed by atoms with Gasteiger partial charge in [-0.3, -0.25) is 14.5 Å². The maximum atomic E-state index is 15.2. The van der Waals surface area contributed by atoms with E-state index < -0.39 is 56.7 Å². The van der Waals surface area contributed by atoms with Crippen LogP contribution in [0.3, 0.4) is 0 Å². The molecule has 4 rings (SSSR count). The molecule has 1 unspecified atom stereocenters. The van der Waals surface area contributed by atoms with Crippen LogP contribution < -0.4 is 20.5 Å². The highest BCUT2D eigenvalue weighted by molar-refractivity contribution is 8.29. The number of rotatable bonds is 7. The molecule has 0 saturated carbocycles. The van der Waals surface area contributed by atoms with Gasteiger partial charge in [-0.15, -0.1) is 0 Å². The zero-order valence-electron chi connectivity index (χ0n) is 20.8. The van der Waals surface area contributed by atoms with Crippen LogP contribution in [0, 0.1) is 5.82 Å². The number of carbonyl (C=O) groups is 1. The van der Waals surface area contributed by atoms with E-state index in [1.807, 2.05) is 0 Å². The van der Waals surface area contributed by atoms with Gasteiger partial charge in [0, 0.05) is 17.8 Å². The molecule has 0 radical (unpaired) electrons.